The van der Waals surface area contributed by atoms with Crippen molar-refractivity contribution < 1.29 is 14.6 Å². The molecule has 1 N–H and O–H groups in total. The molecule has 1 heterocycles. The fraction of sp³-hybridized carbons (Fsp3) is 0.571. The molecule has 3 heteroatoms. The van der Waals surface area contributed by atoms with Crippen molar-refractivity contribution in [2.45, 2.75) is 38.6 Å². The van der Waals surface area contributed by atoms with E-state index in [4.69, 9.17) is 14.6 Å². The van der Waals surface area contributed by atoms with E-state index < -0.39 is 5.79 Å². The number of aliphatic hydroxyl groups excluding tert-OH is 1. The second-order valence-electron chi connectivity index (χ2n) is 4.86. The molecule has 0 saturated carbocycles. The summed E-state index contributed by atoms with van der Waals surface area (Å²) < 4.78 is 11.5. The van der Waals surface area contributed by atoms with Crippen LogP contribution in [-0.2, 0) is 15.9 Å². The van der Waals surface area contributed by atoms with Crippen LogP contribution in [0.25, 0.3) is 0 Å². The van der Waals surface area contributed by atoms with E-state index in [2.05, 4.69) is 31.2 Å². The molecule has 0 bridgehead atoms. The third kappa shape index (κ3) is 3.28. The zero-order chi connectivity index (χ0) is 12.3. The summed E-state index contributed by atoms with van der Waals surface area (Å²) in [6.45, 7) is 4.76. The van der Waals surface area contributed by atoms with E-state index in [0.717, 1.165) is 6.42 Å². The van der Waals surface area contributed by atoms with Gasteiger partial charge in [-0.2, -0.15) is 0 Å². The fourth-order valence-electron chi connectivity index (χ4n) is 2.15. The van der Waals surface area contributed by atoms with Crippen molar-refractivity contribution in [1.82, 2.24) is 0 Å². The van der Waals surface area contributed by atoms with Crippen LogP contribution in [0.2, 0.25) is 0 Å². The number of aliphatic hydroxyl groups is 1. The van der Waals surface area contributed by atoms with Crippen LogP contribution in [0.1, 0.15) is 24.5 Å². The van der Waals surface area contributed by atoms with Crippen molar-refractivity contribution in [3.8, 4) is 0 Å². The SMILES string of the molecule is Cc1ccc(CC2(C)OCC(CCO)O2)cc1. The minimum atomic E-state index is -0.547. The molecule has 1 aliphatic rings. The maximum atomic E-state index is 8.88. The van der Waals surface area contributed by atoms with E-state index in [1.807, 2.05) is 6.92 Å². The molecule has 1 aliphatic heterocycles. The summed E-state index contributed by atoms with van der Waals surface area (Å²) in [4.78, 5) is 0. The summed E-state index contributed by atoms with van der Waals surface area (Å²) in [5.41, 5.74) is 2.47. The molecule has 1 aromatic rings. The van der Waals surface area contributed by atoms with Gasteiger partial charge in [-0.3, -0.25) is 0 Å². The Morgan fingerprint density at radius 2 is 2.06 bits per heavy atom. The third-order valence-electron chi connectivity index (χ3n) is 3.09. The Morgan fingerprint density at radius 3 is 2.71 bits per heavy atom. The standard InChI is InChI=1S/C14H20O3/c1-11-3-5-12(6-4-11)9-14(2)16-10-13(17-14)7-8-15/h3-6,13,15H,7-10H2,1-2H3. The molecular formula is C14H20O3. The molecule has 3 nitrogen and oxygen atoms in total. The summed E-state index contributed by atoms with van der Waals surface area (Å²) >= 11 is 0. The molecule has 2 unspecified atom stereocenters. The molecule has 1 fully saturated rings. The van der Waals surface area contributed by atoms with Gasteiger partial charge in [-0.15, -0.1) is 0 Å². The molecule has 0 aromatic heterocycles. The van der Waals surface area contributed by atoms with Crippen LogP contribution in [0.4, 0.5) is 0 Å². The predicted octanol–water partition coefficient (Wildman–Crippen LogP) is 2.05. The Morgan fingerprint density at radius 1 is 1.35 bits per heavy atom. The van der Waals surface area contributed by atoms with Gasteiger partial charge in [0.15, 0.2) is 5.79 Å². The second kappa shape index (κ2) is 5.17. The van der Waals surface area contributed by atoms with E-state index in [9.17, 15) is 0 Å². The first kappa shape index (κ1) is 12.6. The smallest absolute Gasteiger partial charge is 0.170 e. The number of ether oxygens (including phenoxy) is 2. The molecule has 17 heavy (non-hydrogen) atoms. The first-order chi connectivity index (χ1) is 8.11. The van der Waals surface area contributed by atoms with Gasteiger partial charge in [-0.1, -0.05) is 29.8 Å². The highest BCUT2D eigenvalue weighted by Gasteiger charge is 2.36. The minimum Gasteiger partial charge on any atom is -0.396 e. The number of hydrogen-bond acceptors (Lipinski definition) is 3. The number of rotatable bonds is 4. The number of benzene rings is 1. The Kier molecular flexibility index (Phi) is 3.82. The first-order valence-corrected chi connectivity index (χ1v) is 6.09. The fourth-order valence-corrected chi connectivity index (χ4v) is 2.15. The zero-order valence-corrected chi connectivity index (χ0v) is 10.5. The average molecular weight is 236 g/mol. The molecule has 1 saturated heterocycles. The lowest BCUT2D eigenvalue weighted by Crippen LogP contribution is -2.29. The lowest BCUT2D eigenvalue weighted by molar-refractivity contribution is -0.153. The highest BCUT2D eigenvalue weighted by atomic mass is 16.7. The Labute approximate surface area is 102 Å². The van der Waals surface area contributed by atoms with E-state index in [0.29, 0.717) is 13.0 Å². The van der Waals surface area contributed by atoms with Gasteiger partial charge in [0.05, 0.1) is 12.7 Å². The summed E-state index contributed by atoms with van der Waals surface area (Å²) in [5, 5.41) is 8.88. The van der Waals surface area contributed by atoms with Gasteiger partial charge in [0.25, 0.3) is 0 Å². The highest BCUT2D eigenvalue weighted by molar-refractivity contribution is 5.22. The molecule has 0 aliphatic carbocycles. The minimum absolute atomic E-state index is 0.0236. The number of aryl methyl sites for hydroxylation is 1. The van der Waals surface area contributed by atoms with Crippen LogP contribution in [0, 0.1) is 6.92 Å². The van der Waals surface area contributed by atoms with E-state index in [-0.39, 0.29) is 12.7 Å². The van der Waals surface area contributed by atoms with Gasteiger partial charge >= 0.3 is 0 Å². The van der Waals surface area contributed by atoms with Crippen LogP contribution < -0.4 is 0 Å². The quantitative estimate of drug-likeness (QED) is 0.869. The van der Waals surface area contributed by atoms with E-state index in [1.165, 1.54) is 11.1 Å². The maximum Gasteiger partial charge on any atom is 0.170 e. The van der Waals surface area contributed by atoms with Crippen LogP contribution in [-0.4, -0.2) is 30.2 Å². The van der Waals surface area contributed by atoms with Crippen molar-refractivity contribution in [3.63, 3.8) is 0 Å². The normalized spacial score (nSPS) is 28.5. The molecule has 0 amide bonds. The molecule has 1 aromatic carbocycles. The third-order valence-corrected chi connectivity index (χ3v) is 3.09. The summed E-state index contributed by atoms with van der Waals surface area (Å²) in [7, 11) is 0. The Hall–Kier alpha value is -0.900. The average Bonchev–Trinajstić information content (AvgIpc) is 2.64. The second-order valence-corrected chi connectivity index (χ2v) is 4.86. The van der Waals surface area contributed by atoms with E-state index >= 15 is 0 Å². The summed E-state index contributed by atoms with van der Waals surface area (Å²) in [6, 6.07) is 8.40. The summed E-state index contributed by atoms with van der Waals surface area (Å²) in [5.74, 6) is -0.547. The maximum absolute atomic E-state index is 8.88. The molecular weight excluding hydrogens is 216 g/mol. The molecule has 2 atom stereocenters. The lowest BCUT2D eigenvalue weighted by Gasteiger charge is -2.23. The van der Waals surface area contributed by atoms with Gasteiger partial charge < -0.3 is 14.6 Å². The monoisotopic (exact) mass is 236 g/mol. The van der Waals surface area contributed by atoms with Gasteiger partial charge in [-0.25, -0.2) is 0 Å². The van der Waals surface area contributed by atoms with Crippen molar-refractivity contribution in [3.05, 3.63) is 35.4 Å². The predicted molar refractivity (Wildman–Crippen MR) is 65.8 cm³/mol. The van der Waals surface area contributed by atoms with E-state index in [1.54, 1.807) is 0 Å². The first-order valence-electron chi connectivity index (χ1n) is 6.09. The molecule has 0 spiro atoms. The summed E-state index contributed by atoms with van der Waals surface area (Å²) in [6.07, 6.45) is 1.41. The van der Waals surface area contributed by atoms with Crippen molar-refractivity contribution in [2.24, 2.45) is 0 Å². The van der Waals surface area contributed by atoms with Gasteiger partial charge in [-0.05, 0) is 25.8 Å². The molecule has 0 radical (unpaired) electrons. The van der Waals surface area contributed by atoms with Crippen LogP contribution in [0.5, 0.6) is 0 Å². The highest BCUT2D eigenvalue weighted by Crippen LogP contribution is 2.28. The van der Waals surface area contributed by atoms with Crippen molar-refractivity contribution in [1.29, 1.82) is 0 Å². The molecule has 2 rings (SSSR count). The Balaban J connectivity index is 1.96. The zero-order valence-electron chi connectivity index (χ0n) is 10.5. The van der Waals surface area contributed by atoms with Crippen molar-refractivity contribution in [2.75, 3.05) is 13.2 Å². The lowest BCUT2D eigenvalue weighted by atomic mass is 10.0. The van der Waals surface area contributed by atoms with Crippen LogP contribution in [0.15, 0.2) is 24.3 Å². The topological polar surface area (TPSA) is 38.7 Å². The van der Waals surface area contributed by atoms with Gasteiger partial charge in [0, 0.05) is 13.0 Å². The Bertz CT molecular complexity index is 360. The number of hydrogen-bond donors (Lipinski definition) is 1. The van der Waals surface area contributed by atoms with Crippen LogP contribution >= 0.6 is 0 Å². The largest absolute Gasteiger partial charge is 0.396 e. The van der Waals surface area contributed by atoms with Gasteiger partial charge in [0.1, 0.15) is 0 Å². The van der Waals surface area contributed by atoms with Gasteiger partial charge in [0.2, 0.25) is 0 Å². The van der Waals surface area contributed by atoms with Crippen molar-refractivity contribution >= 4 is 0 Å². The molecule has 94 valence electrons. The van der Waals surface area contributed by atoms with Crippen LogP contribution in [0.3, 0.4) is 0 Å².